The summed E-state index contributed by atoms with van der Waals surface area (Å²) in [5.74, 6) is 5.62. The van der Waals surface area contributed by atoms with Gasteiger partial charge >= 0.3 is 0 Å². The Morgan fingerprint density at radius 3 is 2.88 bits per heavy atom. The number of nitrogens with two attached hydrogens (primary N) is 1. The van der Waals surface area contributed by atoms with E-state index >= 15 is 0 Å². The Morgan fingerprint density at radius 1 is 1.38 bits per heavy atom. The molecule has 2 rings (SSSR count). The molecule has 1 aromatic heterocycles. The molecule has 3 N–H and O–H groups in total. The van der Waals surface area contributed by atoms with Crippen LogP contribution in [-0.2, 0) is 0 Å². The minimum atomic E-state index is 0.303. The summed E-state index contributed by atoms with van der Waals surface area (Å²) in [7, 11) is 0. The second-order valence-corrected chi connectivity index (χ2v) is 5.16. The highest BCUT2D eigenvalue weighted by atomic mass is 32.1. The van der Waals surface area contributed by atoms with Crippen molar-refractivity contribution in [2.75, 3.05) is 0 Å². The van der Waals surface area contributed by atoms with Crippen molar-refractivity contribution in [3.63, 3.8) is 0 Å². The van der Waals surface area contributed by atoms with Crippen LogP contribution in [0.3, 0.4) is 0 Å². The smallest absolute Gasteiger partial charge is 0.0553 e. The number of fused-ring (bicyclic) bond motifs is 1. The predicted molar refractivity (Wildman–Crippen MR) is 71.4 cm³/mol. The summed E-state index contributed by atoms with van der Waals surface area (Å²) in [5.41, 5.74) is 2.92. The maximum absolute atomic E-state index is 5.62. The quantitative estimate of drug-likeness (QED) is 0.613. The lowest BCUT2D eigenvalue weighted by Gasteiger charge is -2.12. The third kappa shape index (κ3) is 2.43. The van der Waals surface area contributed by atoms with Crippen molar-refractivity contribution in [1.82, 2.24) is 5.43 Å². The van der Waals surface area contributed by atoms with Crippen LogP contribution in [0, 0.1) is 0 Å². The maximum Gasteiger partial charge on any atom is 0.0553 e. The standard InChI is InChI=1S/C13H18N2S/c1-2-3-7-11(15-14)13-9-10-6-4-5-8-12(10)16-13/h4-6,8-9,11,15H,2-3,7,14H2,1H3. The molecule has 1 heterocycles. The largest absolute Gasteiger partial charge is 0.271 e. The lowest BCUT2D eigenvalue weighted by molar-refractivity contribution is 0.502. The van der Waals surface area contributed by atoms with Crippen LogP contribution >= 0.6 is 11.3 Å². The van der Waals surface area contributed by atoms with Crippen LogP contribution in [-0.4, -0.2) is 0 Å². The molecule has 1 unspecified atom stereocenters. The van der Waals surface area contributed by atoms with Gasteiger partial charge in [-0.05, 0) is 23.9 Å². The first-order valence-corrected chi connectivity index (χ1v) is 6.61. The van der Waals surface area contributed by atoms with Crippen LogP contribution in [0.15, 0.2) is 30.3 Å². The molecule has 0 saturated carbocycles. The molecule has 16 heavy (non-hydrogen) atoms. The van der Waals surface area contributed by atoms with Gasteiger partial charge in [-0.2, -0.15) is 0 Å². The second-order valence-electron chi connectivity index (χ2n) is 4.05. The highest BCUT2D eigenvalue weighted by Crippen LogP contribution is 2.31. The Labute approximate surface area is 100 Å². The van der Waals surface area contributed by atoms with Gasteiger partial charge in [0.1, 0.15) is 0 Å². The van der Waals surface area contributed by atoms with Gasteiger partial charge < -0.3 is 0 Å². The number of unbranched alkanes of at least 4 members (excludes halogenated alkanes) is 1. The molecule has 0 saturated heterocycles. The molecule has 0 bridgehead atoms. The van der Waals surface area contributed by atoms with E-state index in [4.69, 9.17) is 5.84 Å². The maximum atomic E-state index is 5.62. The van der Waals surface area contributed by atoms with Gasteiger partial charge in [-0.3, -0.25) is 11.3 Å². The summed E-state index contributed by atoms with van der Waals surface area (Å²) in [6, 6.07) is 11.0. The Kier molecular flexibility index (Phi) is 3.93. The van der Waals surface area contributed by atoms with Crippen LogP contribution in [0.5, 0.6) is 0 Å². The molecule has 1 atom stereocenters. The third-order valence-corrected chi connectivity index (χ3v) is 4.07. The molecule has 1 aromatic carbocycles. The number of nitrogens with one attached hydrogen (secondary N) is 1. The molecule has 86 valence electrons. The monoisotopic (exact) mass is 234 g/mol. The third-order valence-electron chi connectivity index (χ3n) is 2.84. The van der Waals surface area contributed by atoms with Crippen molar-refractivity contribution >= 4 is 21.4 Å². The van der Waals surface area contributed by atoms with E-state index in [2.05, 4.69) is 42.7 Å². The normalized spacial score (nSPS) is 13.1. The van der Waals surface area contributed by atoms with Gasteiger partial charge in [0.05, 0.1) is 6.04 Å². The van der Waals surface area contributed by atoms with Crippen molar-refractivity contribution in [3.05, 3.63) is 35.2 Å². The molecule has 0 spiro atoms. The van der Waals surface area contributed by atoms with Gasteiger partial charge in [-0.25, -0.2) is 0 Å². The summed E-state index contributed by atoms with van der Waals surface area (Å²) >= 11 is 1.84. The van der Waals surface area contributed by atoms with Gasteiger partial charge in [0, 0.05) is 9.58 Å². The first-order valence-electron chi connectivity index (χ1n) is 5.79. The average molecular weight is 234 g/mol. The minimum Gasteiger partial charge on any atom is -0.271 e. The number of hydrogen-bond acceptors (Lipinski definition) is 3. The van der Waals surface area contributed by atoms with Crippen molar-refractivity contribution in [2.24, 2.45) is 5.84 Å². The van der Waals surface area contributed by atoms with Gasteiger partial charge in [0.2, 0.25) is 0 Å². The Morgan fingerprint density at radius 2 is 2.19 bits per heavy atom. The summed E-state index contributed by atoms with van der Waals surface area (Å²) in [6.45, 7) is 2.21. The van der Waals surface area contributed by atoms with Crippen LogP contribution < -0.4 is 11.3 Å². The zero-order chi connectivity index (χ0) is 11.4. The summed E-state index contributed by atoms with van der Waals surface area (Å²) < 4.78 is 1.34. The van der Waals surface area contributed by atoms with Crippen LogP contribution in [0.1, 0.15) is 37.1 Å². The molecule has 0 aliphatic heterocycles. The highest BCUT2D eigenvalue weighted by molar-refractivity contribution is 7.19. The molecule has 2 nitrogen and oxygen atoms in total. The molecule has 0 fully saturated rings. The lowest BCUT2D eigenvalue weighted by atomic mass is 10.1. The second kappa shape index (κ2) is 5.43. The van der Waals surface area contributed by atoms with Gasteiger partial charge in [0.25, 0.3) is 0 Å². The van der Waals surface area contributed by atoms with E-state index in [1.165, 1.54) is 27.8 Å². The fraction of sp³-hybridized carbons (Fsp3) is 0.385. The molecule has 0 aliphatic rings. The number of hydrazine groups is 1. The molecular weight excluding hydrogens is 216 g/mol. The Balaban J connectivity index is 2.23. The SMILES string of the molecule is CCCCC(NN)c1cc2ccccc2s1. The van der Waals surface area contributed by atoms with Crippen molar-refractivity contribution in [2.45, 2.75) is 32.2 Å². The molecule has 0 amide bonds. The van der Waals surface area contributed by atoms with E-state index in [-0.39, 0.29) is 0 Å². The van der Waals surface area contributed by atoms with Crippen molar-refractivity contribution in [1.29, 1.82) is 0 Å². The summed E-state index contributed by atoms with van der Waals surface area (Å²) in [5, 5.41) is 1.32. The van der Waals surface area contributed by atoms with Gasteiger partial charge in [-0.15, -0.1) is 11.3 Å². The average Bonchev–Trinajstić information content (AvgIpc) is 2.73. The Hall–Kier alpha value is -0.900. The fourth-order valence-corrected chi connectivity index (χ4v) is 3.05. The van der Waals surface area contributed by atoms with Gasteiger partial charge in [0.15, 0.2) is 0 Å². The van der Waals surface area contributed by atoms with E-state index in [1.54, 1.807) is 0 Å². The molecular formula is C13H18N2S. The number of benzene rings is 1. The van der Waals surface area contributed by atoms with E-state index < -0.39 is 0 Å². The number of hydrogen-bond donors (Lipinski definition) is 2. The van der Waals surface area contributed by atoms with Gasteiger partial charge in [-0.1, -0.05) is 38.0 Å². The molecule has 2 aromatic rings. The topological polar surface area (TPSA) is 38.0 Å². The van der Waals surface area contributed by atoms with E-state index in [0.717, 1.165) is 6.42 Å². The van der Waals surface area contributed by atoms with E-state index in [9.17, 15) is 0 Å². The predicted octanol–water partition coefficient (Wildman–Crippen LogP) is 3.60. The summed E-state index contributed by atoms with van der Waals surface area (Å²) in [4.78, 5) is 1.34. The first-order chi connectivity index (χ1) is 7.85. The number of rotatable bonds is 5. The first kappa shape index (κ1) is 11.6. The van der Waals surface area contributed by atoms with Crippen molar-refractivity contribution < 1.29 is 0 Å². The fourth-order valence-electron chi connectivity index (χ4n) is 1.89. The molecule has 3 heteroatoms. The van der Waals surface area contributed by atoms with Crippen LogP contribution in [0.25, 0.3) is 10.1 Å². The van der Waals surface area contributed by atoms with E-state index in [1.807, 2.05) is 11.3 Å². The minimum absolute atomic E-state index is 0.303. The Bertz CT molecular complexity index is 417. The van der Waals surface area contributed by atoms with Crippen LogP contribution in [0.4, 0.5) is 0 Å². The van der Waals surface area contributed by atoms with E-state index in [0.29, 0.717) is 6.04 Å². The zero-order valence-electron chi connectivity index (χ0n) is 9.57. The van der Waals surface area contributed by atoms with Crippen molar-refractivity contribution in [3.8, 4) is 0 Å². The molecule has 0 radical (unpaired) electrons. The molecule has 0 aliphatic carbocycles. The van der Waals surface area contributed by atoms with Crippen LogP contribution in [0.2, 0.25) is 0 Å². The number of thiophene rings is 1. The zero-order valence-corrected chi connectivity index (χ0v) is 10.4. The lowest BCUT2D eigenvalue weighted by Crippen LogP contribution is -2.27. The summed E-state index contributed by atoms with van der Waals surface area (Å²) in [6.07, 6.45) is 3.53. The highest BCUT2D eigenvalue weighted by Gasteiger charge is 2.11.